The van der Waals surface area contributed by atoms with Gasteiger partial charge in [-0.1, -0.05) is 13.0 Å². The summed E-state index contributed by atoms with van der Waals surface area (Å²) in [6.45, 7) is 5.59. The van der Waals surface area contributed by atoms with Crippen molar-refractivity contribution in [2.24, 2.45) is 0 Å². The molecule has 2 aromatic rings. The highest BCUT2D eigenvalue weighted by atomic mass is 15.1. The van der Waals surface area contributed by atoms with Gasteiger partial charge in [0.15, 0.2) is 0 Å². The molecule has 0 radical (unpaired) electrons. The number of nitrogens with zero attached hydrogens (tertiary/aromatic N) is 3. The van der Waals surface area contributed by atoms with Crippen LogP contribution in [0.4, 0.5) is 11.6 Å². The Labute approximate surface area is 113 Å². The highest BCUT2D eigenvalue weighted by Crippen LogP contribution is 2.11. The lowest BCUT2D eigenvalue weighted by atomic mass is 10.3. The number of aromatic nitrogens is 3. The molecule has 0 saturated heterocycles. The zero-order valence-corrected chi connectivity index (χ0v) is 11.3. The van der Waals surface area contributed by atoms with E-state index < -0.39 is 0 Å². The van der Waals surface area contributed by atoms with Crippen LogP contribution >= 0.6 is 0 Å². The summed E-state index contributed by atoms with van der Waals surface area (Å²) < 4.78 is 0. The maximum absolute atomic E-state index is 4.37. The van der Waals surface area contributed by atoms with Crippen LogP contribution in [0.5, 0.6) is 0 Å². The van der Waals surface area contributed by atoms with Crippen LogP contribution in [0.1, 0.15) is 24.9 Å². The second-order valence-electron chi connectivity index (χ2n) is 4.29. The number of nitrogens with one attached hydrogen (secondary N) is 2. The van der Waals surface area contributed by atoms with Crippen molar-refractivity contribution in [3.8, 4) is 0 Å². The molecule has 0 unspecified atom stereocenters. The van der Waals surface area contributed by atoms with Crippen molar-refractivity contribution >= 4 is 11.6 Å². The Kier molecular flexibility index (Phi) is 4.66. The van der Waals surface area contributed by atoms with E-state index in [0.717, 1.165) is 36.1 Å². The summed E-state index contributed by atoms with van der Waals surface area (Å²) in [6.07, 6.45) is 2.86. The SMILES string of the molecule is CCCNc1cc(NCc2ccccn2)nc(C)n1. The fourth-order valence-corrected chi connectivity index (χ4v) is 1.69. The molecule has 5 heteroatoms. The molecule has 2 rings (SSSR count). The predicted octanol–water partition coefficient (Wildman–Crippen LogP) is 2.61. The van der Waals surface area contributed by atoms with Gasteiger partial charge in [0, 0.05) is 18.8 Å². The van der Waals surface area contributed by atoms with Gasteiger partial charge in [0.2, 0.25) is 0 Å². The summed E-state index contributed by atoms with van der Waals surface area (Å²) in [5.41, 5.74) is 0.988. The lowest BCUT2D eigenvalue weighted by Gasteiger charge is -2.09. The molecule has 0 aliphatic rings. The molecule has 0 saturated carbocycles. The molecule has 0 atom stereocenters. The van der Waals surface area contributed by atoms with Gasteiger partial charge in [0.25, 0.3) is 0 Å². The summed E-state index contributed by atoms with van der Waals surface area (Å²) in [4.78, 5) is 13.0. The molecule has 100 valence electrons. The van der Waals surface area contributed by atoms with Crippen molar-refractivity contribution < 1.29 is 0 Å². The Hall–Kier alpha value is -2.17. The Morgan fingerprint density at radius 2 is 1.89 bits per heavy atom. The number of hydrogen-bond acceptors (Lipinski definition) is 5. The van der Waals surface area contributed by atoms with Crippen LogP contribution in [0.3, 0.4) is 0 Å². The lowest BCUT2D eigenvalue weighted by Crippen LogP contribution is -2.08. The zero-order valence-electron chi connectivity index (χ0n) is 11.3. The average Bonchev–Trinajstić information content (AvgIpc) is 2.43. The minimum absolute atomic E-state index is 0.657. The number of pyridine rings is 1. The Bertz CT molecular complexity index is 512. The third-order valence-corrected chi connectivity index (χ3v) is 2.57. The van der Waals surface area contributed by atoms with Gasteiger partial charge >= 0.3 is 0 Å². The molecule has 2 N–H and O–H groups in total. The highest BCUT2D eigenvalue weighted by Gasteiger charge is 2.01. The van der Waals surface area contributed by atoms with Gasteiger partial charge < -0.3 is 10.6 Å². The maximum Gasteiger partial charge on any atom is 0.132 e. The van der Waals surface area contributed by atoms with Crippen molar-refractivity contribution in [2.45, 2.75) is 26.8 Å². The second kappa shape index (κ2) is 6.68. The normalized spacial score (nSPS) is 10.2. The van der Waals surface area contributed by atoms with E-state index in [9.17, 15) is 0 Å². The number of aryl methyl sites for hydroxylation is 1. The van der Waals surface area contributed by atoms with Crippen LogP contribution in [0.25, 0.3) is 0 Å². The average molecular weight is 257 g/mol. The quantitative estimate of drug-likeness (QED) is 0.833. The largest absolute Gasteiger partial charge is 0.370 e. The smallest absolute Gasteiger partial charge is 0.132 e. The third kappa shape index (κ3) is 4.21. The fourth-order valence-electron chi connectivity index (χ4n) is 1.69. The van der Waals surface area contributed by atoms with Crippen molar-refractivity contribution in [1.82, 2.24) is 15.0 Å². The standard InChI is InChI=1S/C14H19N5/c1-3-7-16-13-9-14(19-11(2)18-13)17-10-12-6-4-5-8-15-12/h4-6,8-9H,3,7,10H2,1-2H3,(H2,16,17,18,19). The van der Waals surface area contributed by atoms with E-state index in [0.29, 0.717) is 6.54 Å². The van der Waals surface area contributed by atoms with E-state index in [2.05, 4.69) is 32.5 Å². The summed E-state index contributed by atoms with van der Waals surface area (Å²) in [5, 5.41) is 6.53. The Morgan fingerprint density at radius 3 is 2.58 bits per heavy atom. The Balaban J connectivity index is 2.01. The summed E-state index contributed by atoms with van der Waals surface area (Å²) in [5.74, 6) is 2.43. The molecule has 0 aliphatic carbocycles. The summed E-state index contributed by atoms with van der Waals surface area (Å²) >= 11 is 0. The van der Waals surface area contributed by atoms with Crippen molar-refractivity contribution in [2.75, 3.05) is 17.2 Å². The fraction of sp³-hybridized carbons (Fsp3) is 0.357. The van der Waals surface area contributed by atoms with Gasteiger partial charge in [0.05, 0.1) is 12.2 Å². The molecule has 0 aromatic carbocycles. The van der Waals surface area contributed by atoms with E-state index >= 15 is 0 Å². The van der Waals surface area contributed by atoms with Crippen LogP contribution in [-0.2, 0) is 6.54 Å². The number of hydrogen-bond donors (Lipinski definition) is 2. The lowest BCUT2D eigenvalue weighted by molar-refractivity contribution is 0.948. The van der Waals surface area contributed by atoms with E-state index in [4.69, 9.17) is 0 Å². The van der Waals surface area contributed by atoms with Crippen LogP contribution in [0.15, 0.2) is 30.5 Å². The van der Waals surface area contributed by atoms with Crippen LogP contribution < -0.4 is 10.6 Å². The van der Waals surface area contributed by atoms with Crippen LogP contribution in [0.2, 0.25) is 0 Å². The van der Waals surface area contributed by atoms with Crippen molar-refractivity contribution in [1.29, 1.82) is 0 Å². The molecule has 0 spiro atoms. The maximum atomic E-state index is 4.37. The molecule has 0 aliphatic heterocycles. The van der Waals surface area contributed by atoms with E-state index in [1.165, 1.54) is 0 Å². The van der Waals surface area contributed by atoms with Crippen LogP contribution in [0, 0.1) is 6.92 Å². The molecule has 2 heterocycles. The van der Waals surface area contributed by atoms with E-state index in [1.807, 2.05) is 31.2 Å². The molecule has 0 amide bonds. The topological polar surface area (TPSA) is 62.7 Å². The van der Waals surface area contributed by atoms with Gasteiger partial charge in [-0.3, -0.25) is 4.98 Å². The highest BCUT2D eigenvalue weighted by molar-refractivity contribution is 5.47. The minimum Gasteiger partial charge on any atom is -0.370 e. The van der Waals surface area contributed by atoms with Gasteiger partial charge in [0.1, 0.15) is 17.5 Å². The van der Waals surface area contributed by atoms with E-state index in [-0.39, 0.29) is 0 Å². The molecule has 5 nitrogen and oxygen atoms in total. The summed E-state index contributed by atoms with van der Waals surface area (Å²) in [7, 11) is 0. The third-order valence-electron chi connectivity index (χ3n) is 2.57. The zero-order chi connectivity index (χ0) is 13.5. The molecule has 2 aromatic heterocycles. The van der Waals surface area contributed by atoms with Crippen LogP contribution in [-0.4, -0.2) is 21.5 Å². The molecule has 19 heavy (non-hydrogen) atoms. The molecular weight excluding hydrogens is 238 g/mol. The number of anilines is 2. The van der Waals surface area contributed by atoms with Gasteiger partial charge in [-0.15, -0.1) is 0 Å². The first-order valence-corrected chi connectivity index (χ1v) is 6.51. The monoisotopic (exact) mass is 257 g/mol. The molecule has 0 fully saturated rings. The van der Waals surface area contributed by atoms with Gasteiger partial charge in [-0.05, 0) is 25.5 Å². The van der Waals surface area contributed by atoms with Gasteiger partial charge in [-0.2, -0.15) is 0 Å². The van der Waals surface area contributed by atoms with E-state index in [1.54, 1.807) is 6.20 Å². The number of rotatable bonds is 6. The molecular formula is C14H19N5. The van der Waals surface area contributed by atoms with Gasteiger partial charge in [-0.25, -0.2) is 9.97 Å². The first kappa shape index (κ1) is 13.3. The Morgan fingerprint density at radius 1 is 1.11 bits per heavy atom. The second-order valence-corrected chi connectivity index (χ2v) is 4.29. The molecule has 0 bridgehead atoms. The first-order valence-electron chi connectivity index (χ1n) is 6.51. The first-order chi connectivity index (χ1) is 9.28. The van der Waals surface area contributed by atoms with Crippen molar-refractivity contribution in [3.63, 3.8) is 0 Å². The minimum atomic E-state index is 0.657. The summed E-state index contributed by atoms with van der Waals surface area (Å²) in [6, 6.07) is 7.79. The van der Waals surface area contributed by atoms with Crippen molar-refractivity contribution in [3.05, 3.63) is 42.0 Å². The predicted molar refractivity (Wildman–Crippen MR) is 77.1 cm³/mol.